The summed E-state index contributed by atoms with van der Waals surface area (Å²) >= 11 is 1.68. The third-order valence-corrected chi connectivity index (χ3v) is 10.7. The van der Waals surface area contributed by atoms with Gasteiger partial charge in [0.15, 0.2) is 0 Å². The fourth-order valence-electron chi connectivity index (χ4n) is 5.49. The lowest BCUT2D eigenvalue weighted by atomic mass is 10.1. The highest BCUT2D eigenvalue weighted by Crippen LogP contribution is 2.42. The van der Waals surface area contributed by atoms with Crippen LogP contribution in [-0.2, 0) is 28.4 Å². The van der Waals surface area contributed by atoms with E-state index in [-0.39, 0.29) is 37.8 Å². The number of carbonyl (C=O) groups is 2. The number of hydrogen-bond donors (Lipinski definition) is 5. The number of amides is 1. The van der Waals surface area contributed by atoms with Crippen LogP contribution in [0.25, 0.3) is 0 Å². The summed E-state index contributed by atoms with van der Waals surface area (Å²) in [6, 6.07) is -0.210. The van der Waals surface area contributed by atoms with E-state index in [0.29, 0.717) is 44.2 Å². The maximum atomic E-state index is 13.5. The van der Waals surface area contributed by atoms with Crippen molar-refractivity contribution in [3.8, 4) is 0 Å². The molecule has 0 radical (unpaired) electrons. The molecule has 0 aromatic carbocycles. The van der Waals surface area contributed by atoms with Crippen molar-refractivity contribution in [2.45, 2.75) is 160 Å². The van der Waals surface area contributed by atoms with E-state index < -0.39 is 25.6 Å². The zero-order valence-electron chi connectivity index (χ0n) is 32.4. The van der Waals surface area contributed by atoms with Crippen molar-refractivity contribution < 1.29 is 46.9 Å². The molecule has 0 saturated carbocycles. The second-order valence-electron chi connectivity index (χ2n) is 13.8. The smallest absolute Gasteiger partial charge is 0.379 e. The van der Waals surface area contributed by atoms with E-state index in [1.54, 1.807) is 11.8 Å². The van der Waals surface area contributed by atoms with Gasteiger partial charge in [0.2, 0.25) is 5.91 Å². The van der Waals surface area contributed by atoms with Crippen LogP contribution in [0.1, 0.15) is 142 Å². The van der Waals surface area contributed by atoms with Crippen molar-refractivity contribution in [2.24, 2.45) is 5.73 Å². The largest absolute Gasteiger partial charge is 0.398 e. The van der Waals surface area contributed by atoms with E-state index in [9.17, 15) is 22.9 Å². The van der Waals surface area contributed by atoms with Crippen LogP contribution in [0.2, 0.25) is 0 Å². The summed E-state index contributed by atoms with van der Waals surface area (Å²) in [5.74, 6) is -2.80. The predicted molar refractivity (Wildman–Crippen MR) is 208 cm³/mol. The van der Waals surface area contributed by atoms with Crippen LogP contribution in [0.5, 0.6) is 0 Å². The summed E-state index contributed by atoms with van der Waals surface area (Å²) < 4.78 is 53.6. The van der Waals surface area contributed by atoms with Crippen molar-refractivity contribution in [1.29, 1.82) is 0 Å². The van der Waals surface area contributed by atoms with Gasteiger partial charge in [-0.1, -0.05) is 123 Å². The standard InChI is InChI=1S/C37H74F2N3O8PS/c1-3-5-7-9-11-13-15-17-19-21-24-49-29-34(42-35(43)22-20-18-16-14-12-10-8-6-4-2)31-52-30-33(40)28-41-23-25-48-26-27-50-32-37(38,39)36(44)51(45,46)47/h33-34,41H,3-32,40H2,1-2H3,(H,42,43)(H2,45,46,47)/t33-,34-/m1/s1. The van der Waals surface area contributed by atoms with Crippen molar-refractivity contribution in [3.05, 3.63) is 0 Å². The third-order valence-electron chi connectivity index (χ3n) is 8.55. The lowest BCUT2D eigenvalue weighted by Gasteiger charge is -2.20. The highest BCUT2D eigenvalue weighted by molar-refractivity contribution is 7.99. The van der Waals surface area contributed by atoms with Crippen LogP contribution < -0.4 is 16.4 Å². The summed E-state index contributed by atoms with van der Waals surface area (Å²) in [5, 5.41) is 6.38. The number of unbranched alkanes of at least 4 members (excludes halogenated alkanes) is 17. The average Bonchev–Trinajstić information content (AvgIpc) is 3.09. The minimum Gasteiger partial charge on any atom is -0.379 e. The van der Waals surface area contributed by atoms with Gasteiger partial charge in [0, 0.05) is 43.7 Å². The summed E-state index contributed by atoms with van der Waals surface area (Å²) in [4.78, 5) is 41.1. The minimum atomic E-state index is -5.55. The SMILES string of the molecule is CCCCCCCCCCCCOC[C@H](CSC[C@H](N)CNCCOCCOCC(F)(F)C(=O)P(=O)(O)O)NC(=O)CCCCCCCCCCC. The molecule has 0 bridgehead atoms. The molecule has 0 heterocycles. The normalized spacial score (nSPS) is 13.4. The quantitative estimate of drug-likeness (QED) is 0.0311. The van der Waals surface area contributed by atoms with E-state index in [0.717, 1.165) is 19.3 Å². The number of ether oxygens (including phenoxy) is 3. The highest BCUT2D eigenvalue weighted by atomic mass is 32.2. The summed E-state index contributed by atoms with van der Waals surface area (Å²) in [6.07, 6.45) is 24.2. The van der Waals surface area contributed by atoms with Gasteiger partial charge in [-0.2, -0.15) is 20.5 Å². The second-order valence-corrected chi connectivity index (χ2v) is 16.4. The van der Waals surface area contributed by atoms with E-state index >= 15 is 0 Å². The number of thioether (sulfide) groups is 1. The number of hydrogen-bond acceptors (Lipinski definition) is 9. The topological polar surface area (TPSA) is 169 Å². The first-order valence-electron chi connectivity index (χ1n) is 20.0. The molecule has 2 atom stereocenters. The first kappa shape index (κ1) is 51.3. The molecule has 6 N–H and O–H groups in total. The fourth-order valence-corrected chi connectivity index (χ4v) is 7.00. The lowest BCUT2D eigenvalue weighted by Crippen LogP contribution is -2.41. The Bertz CT molecular complexity index is 907. The van der Waals surface area contributed by atoms with Gasteiger partial charge in [0.1, 0.15) is 6.61 Å². The molecule has 0 saturated heterocycles. The first-order chi connectivity index (χ1) is 24.9. The second kappa shape index (κ2) is 34.8. The van der Waals surface area contributed by atoms with E-state index in [1.807, 2.05) is 0 Å². The number of alkyl halides is 2. The van der Waals surface area contributed by atoms with Crippen LogP contribution in [0.3, 0.4) is 0 Å². The molecule has 0 fully saturated rings. The summed E-state index contributed by atoms with van der Waals surface area (Å²) in [7, 11) is -5.55. The molecule has 0 rings (SSSR count). The van der Waals surface area contributed by atoms with Crippen LogP contribution >= 0.6 is 19.4 Å². The first-order valence-corrected chi connectivity index (χ1v) is 22.8. The Kier molecular flexibility index (Phi) is 34.3. The van der Waals surface area contributed by atoms with Gasteiger partial charge in [0.25, 0.3) is 0 Å². The van der Waals surface area contributed by atoms with E-state index in [2.05, 4.69) is 29.2 Å². The molecular formula is C37H74F2N3O8PS. The molecule has 0 spiro atoms. The molecule has 11 nitrogen and oxygen atoms in total. The van der Waals surface area contributed by atoms with Gasteiger partial charge in [-0.3, -0.25) is 14.2 Å². The minimum absolute atomic E-state index is 0.0305. The molecular weight excluding hydrogens is 715 g/mol. The van der Waals surface area contributed by atoms with Crippen LogP contribution in [0.15, 0.2) is 0 Å². The van der Waals surface area contributed by atoms with Crippen molar-refractivity contribution in [2.75, 3.05) is 64.2 Å². The Balaban J connectivity index is 4.28. The molecule has 0 unspecified atom stereocenters. The number of nitrogens with two attached hydrogens (primary N) is 1. The molecule has 1 amide bonds. The van der Waals surface area contributed by atoms with Gasteiger partial charge in [0.05, 0.1) is 32.5 Å². The number of rotatable bonds is 40. The Morgan fingerprint density at radius 2 is 1.25 bits per heavy atom. The summed E-state index contributed by atoms with van der Waals surface area (Å²) in [6.45, 7) is 5.21. The van der Waals surface area contributed by atoms with Crippen LogP contribution in [-0.4, -0.2) is 103 Å². The van der Waals surface area contributed by atoms with E-state index in [4.69, 9.17) is 25.0 Å². The zero-order chi connectivity index (χ0) is 38.8. The van der Waals surface area contributed by atoms with Gasteiger partial charge in [-0.25, -0.2) is 0 Å². The lowest BCUT2D eigenvalue weighted by molar-refractivity contribution is -0.145. The number of carbonyl (C=O) groups excluding carboxylic acids is 2. The molecule has 0 aliphatic rings. The molecule has 15 heteroatoms. The van der Waals surface area contributed by atoms with Gasteiger partial charge in [-0.15, -0.1) is 0 Å². The van der Waals surface area contributed by atoms with Gasteiger partial charge < -0.3 is 40.4 Å². The van der Waals surface area contributed by atoms with Crippen molar-refractivity contribution in [3.63, 3.8) is 0 Å². The number of halogens is 2. The molecule has 52 heavy (non-hydrogen) atoms. The Morgan fingerprint density at radius 3 is 1.81 bits per heavy atom. The van der Waals surface area contributed by atoms with Crippen molar-refractivity contribution >= 4 is 30.8 Å². The molecule has 310 valence electrons. The fraction of sp³-hybridized carbons (Fsp3) is 0.946. The molecule has 0 aromatic heterocycles. The van der Waals surface area contributed by atoms with Gasteiger partial charge in [-0.05, 0) is 12.8 Å². The maximum Gasteiger partial charge on any atom is 0.398 e. The Hall–Kier alpha value is -0.700. The third kappa shape index (κ3) is 32.7. The Morgan fingerprint density at radius 1 is 0.731 bits per heavy atom. The average molecular weight is 790 g/mol. The number of nitrogens with one attached hydrogen (secondary N) is 2. The highest BCUT2D eigenvalue weighted by Gasteiger charge is 2.49. The van der Waals surface area contributed by atoms with Crippen molar-refractivity contribution in [1.82, 2.24) is 10.6 Å². The molecule has 0 aliphatic carbocycles. The van der Waals surface area contributed by atoms with E-state index in [1.165, 1.54) is 103 Å². The molecule has 0 aromatic rings. The Labute approximate surface area is 317 Å². The monoisotopic (exact) mass is 789 g/mol. The summed E-state index contributed by atoms with van der Waals surface area (Å²) in [5.41, 5.74) is 3.82. The van der Waals surface area contributed by atoms with Crippen LogP contribution in [0.4, 0.5) is 8.78 Å². The molecule has 0 aliphatic heterocycles. The zero-order valence-corrected chi connectivity index (χ0v) is 34.1. The van der Waals surface area contributed by atoms with Crippen LogP contribution in [0, 0.1) is 0 Å². The predicted octanol–water partition coefficient (Wildman–Crippen LogP) is 7.35. The maximum absolute atomic E-state index is 13.5. The van der Waals surface area contributed by atoms with Gasteiger partial charge >= 0.3 is 19.0 Å².